The molecule has 1 aliphatic carbocycles. The highest BCUT2D eigenvalue weighted by Crippen LogP contribution is 2.31. The summed E-state index contributed by atoms with van der Waals surface area (Å²) in [7, 11) is -20.7. The van der Waals surface area contributed by atoms with Crippen molar-refractivity contribution in [3.05, 3.63) is 0 Å². The number of carbonyl (C=O) groups is 2. The van der Waals surface area contributed by atoms with E-state index in [2.05, 4.69) is 22.0 Å². The summed E-state index contributed by atoms with van der Waals surface area (Å²) in [6, 6.07) is -0.160. The van der Waals surface area contributed by atoms with Gasteiger partial charge in [-0.2, -0.15) is 33.7 Å². The van der Waals surface area contributed by atoms with Crippen molar-refractivity contribution in [1.29, 1.82) is 0 Å². The number of nitrogens with one attached hydrogen (secondary N) is 1. The van der Waals surface area contributed by atoms with Crippen LogP contribution in [0.5, 0.6) is 0 Å². The van der Waals surface area contributed by atoms with E-state index in [1.165, 1.54) is 0 Å². The molecule has 5 unspecified atom stereocenters. The molecule has 0 aromatic rings. The second-order valence-electron chi connectivity index (χ2n) is 9.73. The van der Waals surface area contributed by atoms with Gasteiger partial charge in [-0.25, -0.2) is 16.7 Å². The first-order chi connectivity index (χ1) is 21.1. The van der Waals surface area contributed by atoms with Crippen LogP contribution in [-0.2, 0) is 82.1 Å². The zero-order valence-corrected chi connectivity index (χ0v) is 27.1. The number of amides is 2. The lowest BCUT2D eigenvalue weighted by Gasteiger charge is -2.42. The average molecular weight is 755 g/mol. The third-order valence-electron chi connectivity index (χ3n) is 6.28. The van der Waals surface area contributed by atoms with Crippen molar-refractivity contribution in [2.24, 2.45) is 0 Å². The summed E-state index contributed by atoms with van der Waals surface area (Å²) >= 11 is 0. The Morgan fingerprint density at radius 2 is 1.35 bits per heavy atom. The van der Waals surface area contributed by atoms with Crippen LogP contribution in [0.15, 0.2) is 0 Å². The third-order valence-corrected chi connectivity index (χ3v) is 8.14. The second-order valence-corrected chi connectivity index (χ2v) is 14.0. The number of ether oxygens (including phenoxy) is 3. The fraction of sp³-hybridized carbons (Fsp3) is 0.895. The number of rotatable bonds is 18. The molecule has 0 aromatic heterocycles. The summed E-state index contributed by atoms with van der Waals surface area (Å²) in [5.74, 6) is -1.62. The van der Waals surface area contributed by atoms with Gasteiger partial charge in [0.1, 0.15) is 24.9 Å². The fourth-order valence-electron chi connectivity index (χ4n) is 4.54. The normalized spacial score (nSPS) is 25.2. The van der Waals surface area contributed by atoms with Crippen molar-refractivity contribution in [3.8, 4) is 0 Å². The Kier molecular flexibility index (Phi) is 15.1. The molecule has 270 valence electrons. The van der Waals surface area contributed by atoms with Gasteiger partial charge >= 0.3 is 41.6 Å². The molecular weight excluding hydrogens is 720 g/mol. The van der Waals surface area contributed by atoms with Crippen molar-refractivity contribution < 1.29 is 92.4 Å². The van der Waals surface area contributed by atoms with Crippen molar-refractivity contribution in [3.63, 3.8) is 0 Å². The van der Waals surface area contributed by atoms with Crippen molar-refractivity contribution in [2.75, 3.05) is 40.0 Å². The summed E-state index contributed by atoms with van der Waals surface area (Å²) in [4.78, 5) is 26.3. The van der Waals surface area contributed by atoms with Crippen LogP contribution in [0.25, 0.3) is 0 Å². The van der Waals surface area contributed by atoms with E-state index in [9.17, 15) is 52.4 Å². The van der Waals surface area contributed by atoms with Crippen molar-refractivity contribution in [2.45, 2.75) is 68.9 Å². The van der Waals surface area contributed by atoms with E-state index >= 15 is 0 Å². The molecule has 0 bridgehead atoms. The van der Waals surface area contributed by atoms with E-state index in [0.717, 1.165) is 31.3 Å². The molecular formula is C19H34N2O21S4. The number of nitrogens with zero attached hydrogens (tertiary/aromatic N) is 1. The van der Waals surface area contributed by atoms with Gasteiger partial charge in [-0.1, -0.05) is 19.3 Å². The van der Waals surface area contributed by atoms with E-state index in [1.54, 1.807) is 0 Å². The van der Waals surface area contributed by atoms with Crippen LogP contribution in [0, 0.1) is 0 Å². The van der Waals surface area contributed by atoms with E-state index in [-0.39, 0.29) is 6.04 Å². The van der Waals surface area contributed by atoms with E-state index in [1.807, 2.05) is 0 Å². The zero-order valence-electron chi connectivity index (χ0n) is 23.8. The first-order valence-corrected chi connectivity index (χ1v) is 18.4. The lowest BCUT2D eigenvalue weighted by molar-refractivity contribution is -0.282. The van der Waals surface area contributed by atoms with Crippen LogP contribution in [0.4, 0.5) is 0 Å². The van der Waals surface area contributed by atoms with Crippen molar-refractivity contribution in [1.82, 2.24) is 10.2 Å². The number of methoxy groups -OCH3 is 1. The Labute approximate surface area is 264 Å². The molecule has 1 saturated carbocycles. The Balaban J connectivity index is 2.24. The first-order valence-electron chi connectivity index (χ1n) is 13.0. The zero-order chi connectivity index (χ0) is 34.9. The summed E-state index contributed by atoms with van der Waals surface area (Å²) in [5.41, 5.74) is 0. The molecule has 1 saturated heterocycles. The maximum Gasteiger partial charge on any atom is 0.397 e. The smallest absolute Gasteiger partial charge is 0.369 e. The predicted molar refractivity (Wildman–Crippen MR) is 145 cm³/mol. The Morgan fingerprint density at radius 1 is 0.804 bits per heavy atom. The first kappa shape index (κ1) is 40.5. The lowest BCUT2D eigenvalue weighted by atomic mass is 9.95. The summed E-state index contributed by atoms with van der Waals surface area (Å²) in [6.07, 6.45) is -7.24. The molecule has 0 radical (unpaired) electrons. The highest BCUT2D eigenvalue weighted by Gasteiger charge is 2.53. The predicted octanol–water partition coefficient (Wildman–Crippen LogP) is -2.96. The lowest BCUT2D eigenvalue weighted by Crippen LogP contribution is -2.62. The SMILES string of the molecule is COC1OC(COCC(=O)N(CCOS(=O)(=O)O)CC(=O)NC2CCCCC2)C(OS(=O)(=O)O)C(OS(=O)(=O)O)C1OS(=O)(=O)O. The Morgan fingerprint density at radius 3 is 1.87 bits per heavy atom. The highest BCUT2D eigenvalue weighted by atomic mass is 32.3. The van der Waals surface area contributed by atoms with Gasteiger partial charge in [0.25, 0.3) is 0 Å². The third kappa shape index (κ3) is 15.5. The van der Waals surface area contributed by atoms with Crippen LogP contribution >= 0.6 is 0 Å². The molecule has 0 aromatic carbocycles. The quantitative estimate of drug-likeness (QED) is 0.0872. The molecule has 5 atom stereocenters. The number of carbonyl (C=O) groups excluding carboxylic acids is 2. The maximum absolute atomic E-state index is 12.9. The van der Waals surface area contributed by atoms with Gasteiger partial charge in [-0.3, -0.25) is 27.8 Å². The minimum Gasteiger partial charge on any atom is -0.369 e. The molecule has 23 nitrogen and oxygen atoms in total. The van der Waals surface area contributed by atoms with Gasteiger partial charge < -0.3 is 24.4 Å². The number of hydrogen-bond acceptors (Lipinski definition) is 17. The molecule has 2 rings (SSSR count). The molecule has 1 heterocycles. The number of hydrogen-bond donors (Lipinski definition) is 5. The Hall–Kier alpha value is -1.70. The van der Waals surface area contributed by atoms with Gasteiger partial charge in [-0.15, -0.1) is 0 Å². The van der Waals surface area contributed by atoms with Gasteiger partial charge in [-0.05, 0) is 12.8 Å². The minimum atomic E-state index is -5.58. The van der Waals surface area contributed by atoms with Gasteiger partial charge in [0.15, 0.2) is 12.4 Å². The monoisotopic (exact) mass is 754 g/mol. The highest BCUT2D eigenvalue weighted by molar-refractivity contribution is 7.81. The largest absolute Gasteiger partial charge is 0.397 e. The van der Waals surface area contributed by atoms with E-state index in [4.69, 9.17) is 23.3 Å². The van der Waals surface area contributed by atoms with Crippen molar-refractivity contribution >= 4 is 53.4 Å². The molecule has 2 amide bonds. The van der Waals surface area contributed by atoms with Gasteiger partial charge in [0.2, 0.25) is 11.8 Å². The molecule has 2 fully saturated rings. The van der Waals surface area contributed by atoms with Crippen LogP contribution < -0.4 is 5.32 Å². The van der Waals surface area contributed by atoms with Crippen LogP contribution in [-0.4, -0.2) is 145 Å². The molecule has 2 aliphatic rings. The second kappa shape index (κ2) is 17.1. The van der Waals surface area contributed by atoms with Gasteiger partial charge in [0, 0.05) is 19.7 Å². The van der Waals surface area contributed by atoms with Crippen LogP contribution in [0.2, 0.25) is 0 Å². The molecule has 27 heteroatoms. The topological polar surface area (TPSA) is 332 Å². The summed E-state index contributed by atoms with van der Waals surface area (Å²) in [5, 5.41) is 2.73. The average Bonchev–Trinajstić information content (AvgIpc) is 2.88. The van der Waals surface area contributed by atoms with E-state index < -0.39 is 117 Å². The van der Waals surface area contributed by atoms with Crippen LogP contribution in [0.3, 0.4) is 0 Å². The summed E-state index contributed by atoms with van der Waals surface area (Å²) in [6.45, 7) is -3.88. The minimum absolute atomic E-state index is 0.160. The standard InChI is InChI=1S/C19H34N2O21S4/c1-36-19-18(42-46(33,34)35)17(41-45(30,31)32)16(40-44(27,28)29)13(39-19)10-37-11-15(23)21(7-8-38-43(24,25)26)9-14(22)20-12-5-3-2-4-6-12/h12-13,16-19H,2-11H2,1H3,(H,20,22)(H,24,25,26)(H,27,28,29)(H,30,31,32)(H,33,34,35). The molecule has 46 heavy (non-hydrogen) atoms. The van der Waals surface area contributed by atoms with E-state index in [0.29, 0.717) is 12.8 Å². The maximum atomic E-state index is 12.9. The Bertz CT molecular complexity index is 1460. The summed E-state index contributed by atoms with van der Waals surface area (Å²) < 4.78 is 160. The molecule has 0 spiro atoms. The van der Waals surface area contributed by atoms with Gasteiger partial charge in [0.05, 0.1) is 19.8 Å². The molecule has 1 aliphatic heterocycles. The van der Waals surface area contributed by atoms with Crippen LogP contribution in [0.1, 0.15) is 32.1 Å². The molecule has 5 N–H and O–H groups in total. The fourth-order valence-corrected chi connectivity index (χ4v) is 6.32.